The third-order valence-corrected chi connectivity index (χ3v) is 1.50. The summed E-state index contributed by atoms with van der Waals surface area (Å²) in [7, 11) is -1.57. The Hall–Kier alpha value is -1.27. The number of nitrogens with one attached hydrogen (secondary N) is 1. The first kappa shape index (κ1) is 9.82. The van der Waals surface area contributed by atoms with Crippen molar-refractivity contribution in [1.82, 2.24) is 4.98 Å². The Morgan fingerprint density at radius 1 is 1.69 bits per heavy atom. The lowest BCUT2D eigenvalue weighted by Gasteiger charge is -1.96. The number of hydrogen-bond acceptors (Lipinski definition) is 4. The summed E-state index contributed by atoms with van der Waals surface area (Å²) in [5.74, 6) is -0.505. The van der Waals surface area contributed by atoms with Crippen molar-refractivity contribution in [2.24, 2.45) is 0 Å². The van der Waals surface area contributed by atoms with E-state index in [1.165, 1.54) is 12.3 Å². The van der Waals surface area contributed by atoms with Crippen molar-refractivity contribution in [2.75, 3.05) is 6.61 Å². The molecule has 0 aliphatic heterocycles. The van der Waals surface area contributed by atoms with E-state index in [1.807, 2.05) is 0 Å². The molecular weight excluding hydrogens is 173 g/mol. The third kappa shape index (κ3) is 2.33. The summed E-state index contributed by atoms with van der Waals surface area (Å²) in [6, 6.07) is 1.34. The summed E-state index contributed by atoms with van der Waals surface area (Å²) in [5.41, 5.74) is 0.452. The van der Waals surface area contributed by atoms with Crippen molar-refractivity contribution < 1.29 is 19.6 Å². The van der Waals surface area contributed by atoms with E-state index in [2.05, 4.69) is 9.72 Å². The molecule has 0 bridgehead atoms. The van der Waals surface area contributed by atoms with E-state index in [0.29, 0.717) is 0 Å². The number of rotatable bonds is 3. The van der Waals surface area contributed by atoms with Crippen LogP contribution in [-0.4, -0.2) is 34.7 Å². The second kappa shape index (κ2) is 4.11. The molecule has 1 aromatic heterocycles. The zero-order chi connectivity index (χ0) is 9.84. The molecule has 70 valence electrons. The molecule has 0 amide bonds. The summed E-state index contributed by atoms with van der Waals surface area (Å²) in [6.45, 7) is 1.98. The molecule has 0 aliphatic rings. The van der Waals surface area contributed by atoms with Crippen LogP contribution in [0.2, 0.25) is 0 Å². The topological polar surface area (TPSA) is 82.6 Å². The van der Waals surface area contributed by atoms with Crippen LogP contribution in [0.15, 0.2) is 12.3 Å². The molecule has 0 radical (unpaired) electrons. The zero-order valence-corrected chi connectivity index (χ0v) is 7.15. The van der Waals surface area contributed by atoms with Gasteiger partial charge in [-0.05, 0) is 13.0 Å². The molecule has 0 spiro atoms. The Labute approximate surface area is 75.5 Å². The van der Waals surface area contributed by atoms with Gasteiger partial charge in [-0.25, -0.2) is 4.79 Å². The van der Waals surface area contributed by atoms with Gasteiger partial charge in [0.05, 0.1) is 6.61 Å². The highest BCUT2D eigenvalue weighted by Gasteiger charge is 2.16. The minimum Gasteiger partial charge on any atom is -0.461 e. The van der Waals surface area contributed by atoms with E-state index in [4.69, 9.17) is 10.0 Å². The maximum absolute atomic E-state index is 11.1. The van der Waals surface area contributed by atoms with Crippen LogP contribution in [0.25, 0.3) is 0 Å². The van der Waals surface area contributed by atoms with Crippen molar-refractivity contribution in [3.8, 4) is 0 Å². The lowest BCUT2D eigenvalue weighted by Crippen LogP contribution is -2.28. The van der Waals surface area contributed by atoms with Gasteiger partial charge in [-0.15, -0.1) is 0 Å². The van der Waals surface area contributed by atoms with Crippen LogP contribution in [0.5, 0.6) is 0 Å². The molecule has 5 nitrogen and oxygen atoms in total. The normalized spacial score (nSPS) is 9.77. The molecule has 1 aromatic rings. The predicted molar refractivity (Wildman–Crippen MR) is 46.6 cm³/mol. The number of hydrogen-bond donors (Lipinski definition) is 3. The molecule has 0 unspecified atom stereocenters. The first-order valence-electron chi connectivity index (χ1n) is 3.86. The molecule has 1 rings (SSSR count). The second-order valence-corrected chi connectivity index (χ2v) is 2.44. The molecule has 0 atom stereocenters. The van der Waals surface area contributed by atoms with Crippen molar-refractivity contribution in [2.45, 2.75) is 6.92 Å². The second-order valence-electron chi connectivity index (χ2n) is 2.44. The van der Waals surface area contributed by atoms with Gasteiger partial charge in [0, 0.05) is 11.7 Å². The SMILES string of the molecule is CCOC(=O)c1cc(B(O)O)c[nH]1. The fourth-order valence-corrected chi connectivity index (χ4v) is 0.887. The van der Waals surface area contributed by atoms with Crippen LogP contribution in [0.3, 0.4) is 0 Å². The van der Waals surface area contributed by atoms with Crippen LogP contribution < -0.4 is 5.46 Å². The number of ether oxygens (including phenoxy) is 1. The first-order valence-corrected chi connectivity index (χ1v) is 3.86. The summed E-state index contributed by atoms with van der Waals surface area (Å²) in [6.07, 6.45) is 1.34. The van der Waals surface area contributed by atoms with E-state index < -0.39 is 13.1 Å². The fraction of sp³-hybridized carbons (Fsp3) is 0.286. The molecule has 3 N–H and O–H groups in total. The monoisotopic (exact) mass is 183 g/mol. The third-order valence-electron chi connectivity index (χ3n) is 1.50. The van der Waals surface area contributed by atoms with E-state index in [1.54, 1.807) is 6.92 Å². The Kier molecular flexibility index (Phi) is 3.10. The van der Waals surface area contributed by atoms with Crippen molar-refractivity contribution >= 4 is 18.6 Å². The molecule has 13 heavy (non-hydrogen) atoms. The average Bonchev–Trinajstić information content (AvgIpc) is 2.52. The number of H-pyrrole nitrogens is 1. The van der Waals surface area contributed by atoms with Gasteiger partial charge in [0.15, 0.2) is 0 Å². The van der Waals surface area contributed by atoms with Gasteiger partial charge < -0.3 is 19.8 Å². The molecule has 1 heterocycles. The molecular formula is C7H10BNO4. The number of carbonyl (C=O) groups is 1. The smallest absolute Gasteiger partial charge is 0.461 e. The number of carbonyl (C=O) groups excluding carboxylic acids is 1. The molecule has 0 aromatic carbocycles. The van der Waals surface area contributed by atoms with Crippen LogP contribution in [0, 0.1) is 0 Å². The van der Waals surface area contributed by atoms with Crippen molar-refractivity contribution in [3.63, 3.8) is 0 Å². The zero-order valence-electron chi connectivity index (χ0n) is 7.15. The lowest BCUT2D eigenvalue weighted by molar-refractivity contribution is 0.0520. The largest absolute Gasteiger partial charge is 0.490 e. The molecule has 0 saturated carbocycles. The Morgan fingerprint density at radius 3 is 2.85 bits per heavy atom. The van der Waals surface area contributed by atoms with Crippen LogP contribution in [0.1, 0.15) is 17.4 Å². The minimum atomic E-state index is -1.57. The van der Waals surface area contributed by atoms with Gasteiger partial charge in [0.25, 0.3) is 0 Å². The maximum Gasteiger partial charge on any atom is 0.490 e. The number of aromatic nitrogens is 1. The van der Waals surface area contributed by atoms with E-state index in [0.717, 1.165) is 0 Å². The van der Waals surface area contributed by atoms with Gasteiger partial charge in [0.2, 0.25) is 0 Å². The quantitative estimate of drug-likeness (QED) is 0.409. The first-order chi connectivity index (χ1) is 6.15. The highest BCUT2D eigenvalue weighted by atomic mass is 16.5. The summed E-state index contributed by atoms with van der Waals surface area (Å²) >= 11 is 0. The van der Waals surface area contributed by atoms with E-state index >= 15 is 0 Å². The van der Waals surface area contributed by atoms with Gasteiger partial charge >= 0.3 is 13.1 Å². The molecule has 0 fully saturated rings. The van der Waals surface area contributed by atoms with E-state index in [9.17, 15) is 4.79 Å². The summed E-state index contributed by atoms with van der Waals surface area (Å²) < 4.78 is 4.69. The predicted octanol–water partition coefficient (Wildman–Crippen LogP) is -1.13. The van der Waals surface area contributed by atoms with Crippen molar-refractivity contribution in [1.29, 1.82) is 0 Å². The van der Waals surface area contributed by atoms with E-state index in [-0.39, 0.29) is 17.8 Å². The van der Waals surface area contributed by atoms with Crippen molar-refractivity contribution in [3.05, 3.63) is 18.0 Å². The molecule has 0 saturated heterocycles. The lowest BCUT2D eigenvalue weighted by atomic mass is 9.82. The highest BCUT2D eigenvalue weighted by molar-refractivity contribution is 6.58. The van der Waals surface area contributed by atoms with Crippen LogP contribution >= 0.6 is 0 Å². The Bertz CT molecular complexity index is 296. The minimum absolute atomic E-state index is 0.213. The molecule has 0 aliphatic carbocycles. The Balaban J connectivity index is 2.73. The van der Waals surface area contributed by atoms with Gasteiger partial charge in [-0.3, -0.25) is 0 Å². The summed E-state index contributed by atoms with van der Waals surface area (Å²) in [5, 5.41) is 17.5. The fourth-order valence-electron chi connectivity index (χ4n) is 0.887. The number of esters is 1. The average molecular weight is 183 g/mol. The molecule has 6 heteroatoms. The Morgan fingerprint density at radius 2 is 2.38 bits per heavy atom. The van der Waals surface area contributed by atoms with Gasteiger partial charge in [-0.1, -0.05) is 0 Å². The van der Waals surface area contributed by atoms with Gasteiger partial charge in [0.1, 0.15) is 5.69 Å². The van der Waals surface area contributed by atoms with Crippen LogP contribution in [0.4, 0.5) is 0 Å². The standard InChI is InChI=1S/C7H10BNO4/c1-2-13-7(10)6-3-5(4-9-6)8(11)12/h3-4,9,11-12H,2H2,1H3. The van der Waals surface area contributed by atoms with Crippen LogP contribution in [-0.2, 0) is 4.74 Å². The maximum atomic E-state index is 11.1. The van der Waals surface area contributed by atoms with Gasteiger partial charge in [-0.2, -0.15) is 0 Å². The highest BCUT2D eigenvalue weighted by Crippen LogP contribution is 1.96. The number of aromatic amines is 1. The summed E-state index contributed by atoms with van der Waals surface area (Å²) in [4.78, 5) is 13.6.